The molecule has 1 aliphatic carbocycles. The van der Waals surface area contributed by atoms with Gasteiger partial charge in [0.15, 0.2) is 17.4 Å². The lowest BCUT2D eigenvalue weighted by atomic mass is 10.1. The van der Waals surface area contributed by atoms with Crippen LogP contribution in [0.25, 0.3) is 11.0 Å². The molecule has 0 radical (unpaired) electrons. The molecule has 3 heterocycles. The summed E-state index contributed by atoms with van der Waals surface area (Å²) in [6, 6.07) is 11.4. The predicted molar refractivity (Wildman–Crippen MR) is 141 cm³/mol. The van der Waals surface area contributed by atoms with E-state index in [-0.39, 0.29) is 5.78 Å². The van der Waals surface area contributed by atoms with Gasteiger partial charge in [0.05, 0.1) is 0 Å². The van der Waals surface area contributed by atoms with Gasteiger partial charge in [-0.2, -0.15) is 10.1 Å². The summed E-state index contributed by atoms with van der Waals surface area (Å²) in [5.41, 5.74) is 3.49. The summed E-state index contributed by atoms with van der Waals surface area (Å²) in [5.74, 6) is 2.94. The summed E-state index contributed by atoms with van der Waals surface area (Å²) in [5, 5.41) is 14.8. The van der Waals surface area contributed by atoms with E-state index in [1.807, 2.05) is 43.3 Å². The van der Waals surface area contributed by atoms with Crippen LogP contribution in [-0.2, 0) is 0 Å². The highest BCUT2D eigenvalue weighted by molar-refractivity contribution is 5.98. The fourth-order valence-corrected chi connectivity index (χ4v) is 4.34. The van der Waals surface area contributed by atoms with Crippen LogP contribution in [-0.4, -0.2) is 50.5 Å². The van der Waals surface area contributed by atoms with Crippen molar-refractivity contribution in [3.05, 3.63) is 53.5 Å². The Morgan fingerprint density at radius 3 is 2.69 bits per heavy atom. The van der Waals surface area contributed by atoms with E-state index in [2.05, 4.69) is 49.5 Å². The Hall–Kier alpha value is -3.72. The molecule has 0 saturated heterocycles. The number of benzene rings is 1. The van der Waals surface area contributed by atoms with Gasteiger partial charge < -0.3 is 20.0 Å². The van der Waals surface area contributed by atoms with Gasteiger partial charge in [-0.25, -0.2) is 4.98 Å². The molecule has 1 fully saturated rings. The fraction of sp³-hybridized carbons (Fsp3) is 0.407. The van der Waals surface area contributed by atoms with E-state index in [1.165, 1.54) is 12.8 Å². The number of furan rings is 1. The number of fused-ring (bicyclic) bond motifs is 1. The molecule has 0 atom stereocenters. The molecule has 0 bridgehead atoms. The molecule has 1 saturated carbocycles. The topological polar surface area (TPSA) is 112 Å². The first-order valence-corrected chi connectivity index (χ1v) is 12.7. The molecular weight excluding hydrogens is 454 g/mol. The number of hydrogen-bond acceptors (Lipinski definition) is 8. The monoisotopic (exact) mass is 487 g/mol. The van der Waals surface area contributed by atoms with E-state index >= 15 is 0 Å². The van der Waals surface area contributed by atoms with Crippen LogP contribution in [0.15, 0.2) is 40.8 Å². The molecule has 36 heavy (non-hydrogen) atoms. The van der Waals surface area contributed by atoms with Crippen LogP contribution in [0.2, 0.25) is 0 Å². The first-order valence-electron chi connectivity index (χ1n) is 12.7. The van der Waals surface area contributed by atoms with Gasteiger partial charge in [0.25, 0.3) is 0 Å². The number of Topliss-reactive ketones (excluding diaryl/α,β-unsaturated/α-hetero) is 1. The van der Waals surface area contributed by atoms with Crippen molar-refractivity contribution in [3.63, 3.8) is 0 Å². The number of aryl methyl sites for hydroxylation is 1. The number of carbonyl (C=O) groups excluding carboxylic acids is 1. The van der Waals surface area contributed by atoms with Crippen molar-refractivity contribution in [1.82, 2.24) is 25.1 Å². The molecule has 1 aliphatic rings. The van der Waals surface area contributed by atoms with Gasteiger partial charge in [-0.05, 0) is 70.1 Å². The lowest BCUT2D eigenvalue weighted by Gasteiger charge is -2.16. The van der Waals surface area contributed by atoms with Crippen molar-refractivity contribution >= 4 is 40.0 Å². The van der Waals surface area contributed by atoms with Crippen LogP contribution in [0.5, 0.6) is 0 Å². The molecule has 188 valence electrons. The zero-order chi connectivity index (χ0) is 25.1. The fourth-order valence-electron chi connectivity index (χ4n) is 4.34. The number of aromatic amines is 1. The van der Waals surface area contributed by atoms with Gasteiger partial charge in [-0.15, -0.1) is 0 Å². The van der Waals surface area contributed by atoms with Crippen LogP contribution >= 0.6 is 0 Å². The number of aromatic nitrogens is 4. The maximum Gasteiger partial charge on any atom is 0.229 e. The zero-order valence-corrected chi connectivity index (χ0v) is 21.1. The van der Waals surface area contributed by atoms with Crippen molar-refractivity contribution in [1.29, 1.82) is 0 Å². The molecule has 1 aromatic carbocycles. The van der Waals surface area contributed by atoms with Crippen LogP contribution in [0.4, 0.5) is 23.3 Å². The summed E-state index contributed by atoms with van der Waals surface area (Å²) in [7, 11) is 0. The van der Waals surface area contributed by atoms with Crippen LogP contribution in [0, 0.1) is 6.92 Å². The van der Waals surface area contributed by atoms with Gasteiger partial charge >= 0.3 is 0 Å². The van der Waals surface area contributed by atoms with E-state index in [1.54, 1.807) is 0 Å². The van der Waals surface area contributed by atoms with E-state index in [9.17, 15) is 4.79 Å². The third-order valence-electron chi connectivity index (χ3n) is 6.55. The van der Waals surface area contributed by atoms with Gasteiger partial charge in [-0.1, -0.05) is 13.8 Å². The summed E-state index contributed by atoms with van der Waals surface area (Å²) in [4.78, 5) is 24.1. The number of nitrogens with one attached hydrogen (secondary N) is 3. The molecule has 5 rings (SSSR count). The van der Waals surface area contributed by atoms with Crippen molar-refractivity contribution in [3.8, 4) is 0 Å². The van der Waals surface area contributed by atoms with Gasteiger partial charge in [0, 0.05) is 46.9 Å². The lowest BCUT2D eigenvalue weighted by molar-refractivity contribution is 0.0950. The lowest BCUT2D eigenvalue weighted by Crippen LogP contribution is -2.24. The van der Waals surface area contributed by atoms with Crippen molar-refractivity contribution < 1.29 is 9.21 Å². The summed E-state index contributed by atoms with van der Waals surface area (Å²) < 4.78 is 5.83. The van der Waals surface area contributed by atoms with Crippen LogP contribution in [0.1, 0.15) is 67.4 Å². The Morgan fingerprint density at radius 1 is 1.08 bits per heavy atom. The molecule has 0 unspecified atom stereocenters. The average molecular weight is 488 g/mol. The molecule has 3 N–H and O–H groups in total. The Kier molecular flexibility index (Phi) is 6.99. The molecule has 9 nitrogen and oxygen atoms in total. The maximum absolute atomic E-state index is 12.7. The highest BCUT2D eigenvalue weighted by Gasteiger charge is 2.25. The Morgan fingerprint density at radius 2 is 1.92 bits per heavy atom. The predicted octanol–water partition coefficient (Wildman–Crippen LogP) is 5.92. The Balaban J connectivity index is 1.25. The number of hydrogen-bond donors (Lipinski definition) is 3. The van der Waals surface area contributed by atoms with Crippen LogP contribution < -0.4 is 10.6 Å². The van der Waals surface area contributed by atoms with E-state index in [4.69, 9.17) is 4.42 Å². The average Bonchev–Trinajstić information content (AvgIpc) is 3.45. The standard InChI is InChI=1S/C27H33N7O2/c1-4-34(5-2)12-6-7-22(35)24-15-19-14-20(10-11-23(19)36-24)29-27-28-17(3)13-25(31-27)30-26-16-21(32-33-26)18-8-9-18/h10-11,13-16,18H,4-9,12H2,1-3H3,(H3,28,29,30,31,32,33). The summed E-state index contributed by atoms with van der Waals surface area (Å²) in [6.45, 7) is 9.12. The van der Waals surface area contributed by atoms with Gasteiger partial charge in [-0.3, -0.25) is 9.89 Å². The number of rotatable bonds is 12. The highest BCUT2D eigenvalue weighted by atomic mass is 16.3. The molecule has 4 aromatic rings. The first kappa shape index (κ1) is 24.0. The second-order valence-electron chi connectivity index (χ2n) is 9.37. The SMILES string of the molecule is CCN(CC)CCCC(=O)c1cc2cc(Nc3nc(C)cc(Nc4cc(C5CC5)[nH]n4)n3)ccc2o1. The maximum atomic E-state index is 12.7. The van der Waals surface area contributed by atoms with Gasteiger partial charge in [0.1, 0.15) is 11.4 Å². The Bertz CT molecular complexity index is 1350. The zero-order valence-electron chi connectivity index (χ0n) is 21.1. The molecule has 3 aromatic heterocycles. The molecular formula is C27H33N7O2. The minimum absolute atomic E-state index is 0.0359. The van der Waals surface area contributed by atoms with Crippen LogP contribution in [0.3, 0.4) is 0 Å². The van der Waals surface area contributed by atoms with E-state index < -0.39 is 0 Å². The molecule has 9 heteroatoms. The largest absolute Gasteiger partial charge is 0.453 e. The number of anilines is 4. The minimum atomic E-state index is 0.0359. The third-order valence-corrected chi connectivity index (χ3v) is 6.55. The molecule has 0 amide bonds. The minimum Gasteiger partial charge on any atom is -0.453 e. The van der Waals surface area contributed by atoms with Crippen molar-refractivity contribution in [2.24, 2.45) is 0 Å². The van der Waals surface area contributed by atoms with Crippen molar-refractivity contribution in [2.45, 2.75) is 52.4 Å². The smallest absolute Gasteiger partial charge is 0.229 e. The second kappa shape index (κ2) is 10.5. The molecule has 0 aliphatic heterocycles. The van der Waals surface area contributed by atoms with E-state index in [0.717, 1.165) is 54.3 Å². The first-order chi connectivity index (χ1) is 17.5. The number of carbonyl (C=O) groups is 1. The molecule has 0 spiro atoms. The number of ketones is 1. The quantitative estimate of drug-likeness (QED) is 0.211. The second-order valence-corrected chi connectivity index (χ2v) is 9.37. The summed E-state index contributed by atoms with van der Waals surface area (Å²) in [6.07, 6.45) is 3.74. The number of nitrogens with zero attached hydrogens (tertiary/aromatic N) is 4. The van der Waals surface area contributed by atoms with E-state index in [0.29, 0.717) is 35.4 Å². The van der Waals surface area contributed by atoms with Crippen molar-refractivity contribution in [2.75, 3.05) is 30.3 Å². The third kappa shape index (κ3) is 5.73. The normalized spacial score (nSPS) is 13.4. The Labute approximate surface area is 210 Å². The summed E-state index contributed by atoms with van der Waals surface area (Å²) >= 11 is 0. The highest BCUT2D eigenvalue weighted by Crippen LogP contribution is 2.39. The van der Waals surface area contributed by atoms with Gasteiger partial charge in [0.2, 0.25) is 5.95 Å². The number of H-pyrrole nitrogens is 1.